The van der Waals surface area contributed by atoms with E-state index in [1.54, 1.807) is 25.1 Å². The highest BCUT2D eigenvalue weighted by molar-refractivity contribution is 7.98. The molecule has 5 rings (SSSR count). The molecule has 0 radical (unpaired) electrons. The van der Waals surface area contributed by atoms with E-state index in [1.165, 1.54) is 18.2 Å². The zero-order valence-electron chi connectivity index (χ0n) is 28.1. The topological polar surface area (TPSA) is 94.8 Å². The van der Waals surface area contributed by atoms with Crippen LogP contribution in [-0.2, 0) is 31.8 Å². The Hall–Kier alpha value is -3.75. The number of amides is 1. The maximum absolute atomic E-state index is 15.4. The number of aliphatic hydroxyl groups is 1. The lowest BCUT2D eigenvalue weighted by Crippen LogP contribution is -2.31. The van der Waals surface area contributed by atoms with E-state index < -0.39 is 28.8 Å². The SMILES string of the molecule is Cc1cc(C2(C)CCCc3nc(SCc4c(F)cc(C(=O)NCCOCCOCCOCCO)cc4F)n(-c4ccc(F)cc4)c32)ccc1F. The zero-order valence-corrected chi connectivity index (χ0v) is 28.9. The van der Waals surface area contributed by atoms with Crippen molar-refractivity contribution < 1.29 is 41.7 Å². The number of nitrogens with zero attached hydrogens (tertiary/aromatic N) is 2. The Bertz CT molecular complexity index is 1750. The summed E-state index contributed by atoms with van der Waals surface area (Å²) in [7, 11) is 0. The molecule has 1 heterocycles. The number of halogens is 4. The maximum atomic E-state index is 15.4. The third-order valence-corrected chi connectivity index (χ3v) is 9.64. The summed E-state index contributed by atoms with van der Waals surface area (Å²) < 4.78 is 76.7. The van der Waals surface area contributed by atoms with E-state index >= 15 is 8.78 Å². The summed E-state index contributed by atoms with van der Waals surface area (Å²) in [5.74, 6) is -3.19. The van der Waals surface area contributed by atoms with Crippen molar-refractivity contribution in [3.63, 3.8) is 0 Å². The van der Waals surface area contributed by atoms with E-state index in [1.807, 2.05) is 10.6 Å². The predicted octanol–water partition coefficient (Wildman–Crippen LogP) is 6.44. The number of thioether (sulfide) groups is 1. The first-order valence-corrected chi connectivity index (χ1v) is 17.5. The van der Waals surface area contributed by atoms with Crippen molar-refractivity contribution in [2.24, 2.45) is 0 Å². The Labute approximate surface area is 293 Å². The Balaban J connectivity index is 1.28. The zero-order chi connectivity index (χ0) is 35.7. The van der Waals surface area contributed by atoms with Crippen LogP contribution in [0.15, 0.2) is 59.8 Å². The Kier molecular flexibility index (Phi) is 13.1. The summed E-state index contributed by atoms with van der Waals surface area (Å²) in [6.07, 6.45) is 2.28. The second-order valence-electron chi connectivity index (χ2n) is 12.2. The van der Waals surface area contributed by atoms with Gasteiger partial charge in [-0.25, -0.2) is 22.5 Å². The van der Waals surface area contributed by atoms with Crippen LogP contribution < -0.4 is 5.32 Å². The minimum atomic E-state index is -0.865. The van der Waals surface area contributed by atoms with Gasteiger partial charge in [-0.15, -0.1) is 0 Å². The van der Waals surface area contributed by atoms with Gasteiger partial charge in [-0.3, -0.25) is 9.36 Å². The molecule has 0 saturated carbocycles. The van der Waals surface area contributed by atoms with Crippen molar-refractivity contribution in [2.45, 2.75) is 49.4 Å². The van der Waals surface area contributed by atoms with Gasteiger partial charge in [0.05, 0.1) is 57.6 Å². The first-order valence-electron chi connectivity index (χ1n) is 16.5. The summed E-state index contributed by atoms with van der Waals surface area (Å²) in [6.45, 7) is 5.66. The first kappa shape index (κ1) is 37.5. The molecule has 1 aromatic heterocycles. The molecule has 1 amide bonds. The largest absolute Gasteiger partial charge is 0.394 e. The molecule has 0 saturated heterocycles. The third kappa shape index (κ3) is 8.93. The number of aryl methyl sites for hydroxylation is 2. The molecule has 0 aliphatic heterocycles. The van der Waals surface area contributed by atoms with E-state index in [-0.39, 0.29) is 49.1 Å². The van der Waals surface area contributed by atoms with Gasteiger partial charge in [0.2, 0.25) is 0 Å². The summed E-state index contributed by atoms with van der Waals surface area (Å²) >= 11 is 1.14. The molecule has 13 heteroatoms. The normalized spacial score (nSPS) is 15.7. The van der Waals surface area contributed by atoms with Crippen molar-refractivity contribution in [1.82, 2.24) is 14.9 Å². The van der Waals surface area contributed by atoms with E-state index in [4.69, 9.17) is 24.3 Å². The number of aromatic nitrogens is 2. The van der Waals surface area contributed by atoms with Crippen molar-refractivity contribution in [1.29, 1.82) is 0 Å². The number of rotatable bonds is 17. The molecular weight excluding hydrogens is 674 g/mol. The number of hydrogen-bond donors (Lipinski definition) is 2. The maximum Gasteiger partial charge on any atom is 0.251 e. The molecular formula is C37H41F4N3O5S. The standard InChI is InChI=1S/C37H41F4N3O5S/c1-24-20-26(5-10-30(24)39)37(2)11-3-4-33-34(37)44(28-8-6-27(38)7-9-28)36(43-33)50-23-29-31(40)21-25(22-32(29)41)35(46)42-12-14-47-16-18-49-19-17-48-15-13-45/h5-10,20-22,45H,3-4,11-19,23H2,1-2H3,(H,42,46). The molecule has 50 heavy (non-hydrogen) atoms. The van der Waals surface area contributed by atoms with E-state index in [9.17, 15) is 13.6 Å². The number of aliphatic hydroxyl groups excluding tert-OH is 1. The number of fused-ring (bicyclic) bond motifs is 1. The molecule has 3 aromatic carbocycles. The van der Waals surface area contributed by atoms with Gasteiger partial charge in [0.15, 0.2) is 5.16 Å². The summed E-state index contributed by atoms with van der Waals surface area (Å²) in [6, 6.07) is 13.1. The number of hydrogen-bond acceptors (Lipinski definition) is 7. The molecule has 1 aliphatic rings. The Morgan fingerprint density at radius 2 is 1.58 bits per heavy atom. The number of ether oxygens (including phenoxy) is 3. The number of benzene rings is 3. The van der Waals surface area contributed by atoms with Crippen molar-refractivity contribution >= 4 is 17.7 Å². The molecule has 268 valence electrons. The number of carbonyl (C=O) groups excluding carboxylic acids is 1. The van der Waals surface area contributed by atoms with Crippen LogP contribution in [0.4, 0.5) is 17.6 Å². The van der Waals surface area contributed by atoms with Gasteiger partial charge in [-0.05, 0) is 86.7 Å². The van der Waals surface area contributed by atoms with Gasteiger partial charge in [0.1, 0.15) is 23.3 Å². The third-order valence-electron chi connectivity index (χ3n) is 8.67. The van der Waals surface area contributed by atoms with E-state index in [0.29, 0.717) is 49.3 Å². The fourth-order valence-corrected chi connectivity index (χ4v) is 7.11. The van der Waals surface area contributed by atoms with Gasteiger partial charge < -0.3 is 24.6 Å². The second kappa shape index (κ2) is 17.5. The van der Waals surface area contributed by atoms with Crippen LogP contribution in [0.25, 0.3) is 5.69 Å². The van der Waals surface area contributed by atoms with Gasteiger partial charge >= 0.3 is 0 Å². The molecule has 4 aromatic rings. The molecule has 8 nitrogen and oxygen atoms in total. The highest BCUT2D eigenvalue weighted by Crippen LogP contribution is 2.46. The molecule has 2 N–H and O–H groups in total. The fraction of sp³-hybridized carbons (Fsp3) is 0.405. The first-order chi connectivity index (χ1) is 24.1. The lowest BCUT2D eigenvalue weighted by atomic mass is 9.71. The van der Waals surface area contributed by atoms with Gasteiger partial charge in [0, 0.05) is 34.5 Å². The van der Waals surface area contributed by atoms with Crippen molar-refractivity contribution in [2.75, 3.05) is 52.8 Å². The average Bonchev–Trinajstić information content (AvgIpc) is 3.48. The Morgan fingerprint density at radius 1 is 0.920 bits per heavy atom. The van der Waals surface area contributed by atoms with E-state index in [0.717, 1.165) is 53.7 Å². The summed E-state index contributed by atoms with van der Waals surface area (Å²) in [4.78, 5) is 17.6. The number of carbonyl (C=O) groups is 1. The van der Waals surface area contributed by atoms with Gasteiger partial charge in [0.25, 0.3) is 5.91 Å². The summed E-state index contributed by atoms with van der Waals surface area (Å²) in [5.41, 5.74) is 2.84. The minimum Gasteiger partial charge on any atom is -0.394 e. The van der Waals surface area contributed by atoms with E-state index in [2.05, 4.69) is 12.2 Å². The number of imidazole rings is 1. The molecule has 0 spiro atoms. The summed E-state index contributed by atoms with van der Waals surface area (Å²) in [5, 5.41) is 11.7. The highest BCUT2D eigenvalue weighted by atomic mass is 32.2. The van der Waals surface area contributed by atoms with Gasteiger partial charge in [-0.1, -0.05) is 23.9 Å². The molecule has 1 atom stereocenters. The lowest BCUT2D eigenvalue weighted by Gasteiger charge is -2.36. The Morgan fingerprint density at radius 3 is 2.24 bits per heavy atom. The van der Waals surface area contributed by atoms with Crippen LogP contribution in [0.5, 0.6) is 0 Å². The van der Waals surface area contributed by atoms with Crippen LogP contribution in [0.2, 0.25) is 0 Å². The van der Waals surface area contributed by atoms with Crippen LogP contribution in [-0.4, -0.2) is 73.4 Å². The van der Waals surface area contributed by atoms with Crippen molar-refractivity contribution in [3.8, 4) is 5.69 Å². The number of nitrogens with one attached hydrogen (secondary N) is 1. The highest BCUT2D eigenvalue weighted by Gasteiger charge is 2.40. The van der Waals surface area contributed by atoms with Crippen LogP contribution in [0.3, 0.4) is 0 Å². The smallest absolute Gasteiger partial charge is 0.251 e. The minimum absolute atomic E-state index is 0.0485. The molecule has 1 unspecified atom stereocenters. The fourth-order valence-electron chi connectivity index (χ4n) is 6.06. The lowest BCUT2D eigenvalue weighted by molar-refractivity contribution is 0.00825. The monoisotopic (exact) mass is 715 g/mol. The predicted molar refractivity (Wildman–Crippen MR) is 182 cm³/mol. The second-order valence-corrected chi connectivity index (χ2v) is 13.1. The van der Waals surface area contributed by atoms with Gasteiger partial charge in [-0.2, -0.15) is 0 Å². The molecule has 0 fully saturated rings. The molecule has 0 bridgehead atoms. The van der Waals surface area contributed by atoms with Crippen LogP contribution in [0, 0.1) is 30.2 Å². The van der Waals surface area contributed by atoms with Crippen molar-refractivity contribution in [3.05, 3.63) is 112 Å². The quantitative estimate of drug-likeness (QED) is 0.0738. The molecule has 1 aliphatic carbocycles. The van der Waals surface area contributed by atoms with Crippen LogP contribution >= 0.6 is 11.8 Å². The van der Waals surface area contributed by atoms with Crippen LogP contribution in [0.1, 0.15) is 58.2 Å². The average molecular weight is 716 g/mol.